The fourth-order valence-corrected chi connectivity index (χ4v) is 4.40. The molecule has 0 fully saturated rings. The molecule has 0 bridgehead atoms. The van der Waals surface area contributed by atoms with Gasteiger partial charge in [-0.25, -0.2) is 0 Å². The number of nitrogens with one attached hydrogen (secondary N) is 7. The normalized spacial score (nSPS) is 14.7. The van der Waals surface area contributed by atoms with Crippen LogP contribution in [0.2, 0.25) is 0 Å². The molecule has 0 aromatic rings. The highest BCUT2D eigenvalue weighted by atomic mass is 32.2. The van der Waals surface area contributed by atoms with Gasteiger partial charge in [-0.05, 0) is 38.2 Å². The van der Waals surface area contributed by atoms with E-state index in [1.165, 1.54) is 25.6 Å². The fourth-order valence-electron chi connectivity index (χ4n) is 3.40. The summed E-state index contributed by atoms with van der Waals surface area (Å²) in [5, 5.41) is 25.6. The number of carbonyl (C=O) groups excluding carboxylic acids is 7. The number of thioether (sulfide) groups is 1. The third-order valence-electron chi connectivity index (χ3n) is 6.21. The first-order chi connectivity index (χ1) is 21.5. The number of amides is 7. The van der Waals surface area contributed by atoms with E-state index in [4.69, 9.17) is 10.8 Å². The Morgan fingerprint density at radius 3 is 1.65 bits per heavy atom. The average molecular weight is 711 g/mol. The minimum Gasteiger partial charge on any atom is -0.480 e. The maximum atomic E-state index is 12.8. The van der Waals surface area contributed by atoms with Gasteiger partial charge in [0, 0.05) is 11.5 Å². The Bertz CT molecular complexity index is 1100. The van der Waals surface area contributed by atoms with Crippen LogP contribution in [0.1, 0.15) is 34.1 Å². The van der Waals surface area contributed by atoms with Crippen molar-refractivity contribution < 1.29 is 43.5 Å². The van der Waals surface area contributed by atoms with Crippen LogP contribution < -0.4 is 43.0 Å². The van der Waals surface area contributed by atoms with Gasteiger partial charge in [0.2, 0.25) is 41.4 Å². The molecule has 6 atom stereocenters. The minimum atomic E-state index is -1.28. The lowest BCUT2D eigenvalue weighted by Crippen LogP contribution is -2.58. The summed E-state index contributed by atoms with van der Waals surface area (Å²) in [6, 6.07) is -6.46. The Labute approximate surface area is 283 Å². The standard InChI is InChI=1S/C26H46N8O9S3/c1-12(2)20(34-19(36)9-28-21(37)13(3)30-22(38)15(27)6-7-46-5)25(41)29-8-18(35)32-16(10-44)24(40)33-17(11-45)23(39)31-14(4)26(42)43/h12-17,20,44-45H,6-11,27H2,1-5H3,(H,28,37)(H,29,41)(H,30,38)(H,31,39)(H,32,35)(H,33,40)(H,34,36)(H,42,43)/t13-,14-,15-,16-,17-,20-/m0/s1. The van der Waals surface area contributed by atoms with E-state index < -0.39 is 103 Å². The molecule has 46 heavy (non-hydrogen) atoms. The zero-order valence-electron chi connectivity index (χ0n) is 26.4. The van der Waals surface area contributed by atoms with Crippen molar-refractivity contribution in [2.75, 3.05) is 36.6 Å². The van der Waals surface area contributed by atoms with Crippen LogP contribution in [0.25, 0.3) is 0 Å². The Balaban J connectivity index is 4.93. The van der Waals surface area contributed by atoms with E-state index in [0.29, 0.717) is 12.2 Å². The molecule has 0 saturated carbocycles. The largest absolute Gasteiger partial charge is 0.480 e. The molecule has 10 N–H and O–H groups in total. The van der Waals surface area contributed by atoms with Crippen LogP contribution >= 0.6 is 37.0 Å². The third kappa shape index (κ3) is 16.4. The molecule has 17 nitrogen and oxygen atoms in total. The van der Waals surface area contributed by atoms with Gasteiger partial charge in [-0.3, -0.25) is 38.4 Å². The van der Waals surface area contributed by atoms with Crippen LogP contribution in [0, 0.1) is 5.92 Å². The van der Waals surface area contributed by atoms with Gasteiger partial charge in [0.15, 0.2) is 0 Å². The van der Waals surface area contributed by atoms with Gasteiger partial charge in [-0.15, -0.1) is 0 Å². The number of carbonyl (C=O) groups is 8. The summed E-state index contributed by atoms with van der Waals surface area (Å²) in [6.45, 7) is 4.90. The second-order valence-corrected chi connectivity index (χ2v) is 12.2. The number of aliphatic carboxylic acids is 1. The molecule has 0 unspecified atom stereocenters. The van der Waals surface area contributed by atoms with E-state index >= 15 is 0 Å². The lowest BCUT2D eigenvalue weighted by molar-refractivity contribution is -0.141. The van der Waals surface area contributed by atoms with Crippen LogP contribution in [0.5, 0.6) is 0 Å². The SMILES string of the molecule is CSCC[C@H](N)C(=O)N[C@@H](C)C(=O)NCC(=O)N[C@H](C(=O)NCC(=O)N[C@@H](CS)C(=O)N[C@@H](CS)C(=O)N[C@@H](C)C(=O)O)C(C)C. The van der Waals surface area contributed by atoms with Crippen LogP contribution in [0.3, 0.4) is 0 Å². The lowest BCUT2D eigenvalue weighted by atomic mass is 10.0. The fraction of sp³-hybridized carbons (Fsp3) is 0.692. The van der Waals surface area contributed by atoms with E-state index in [0.717, 1.165) is 0 Å². The highest BCUT2D eigenvalue weighted by molar-refractivity contribution is 7.98. The number of hydrogen-bond acceptors (Lipinski definition) is 12. The number of thiol groups is 2. The van der Waals surface area contributed by atoms with E-state index in [1.807, 2.05) is 6.26 Å². The minimum absolute atomic E-state index is 0.165. The van der Waals surface area contributed by atoms with E-state index in [2.05, 4.69) is 62.5 Å². The van der Waals surface area contributed by atoms with Crippen molar-refractivity contribution >= 4 is 84.3 Å². The zero-order chi connectivity index (χ0) is 35.6. The van der Waals surface area contributed by atoms with Gasteiger partial charge in [0.05, 0.1) is 19.1 Å². The smallest absolute Gasteiger partial charge is 0.325 e. The summed E-state index contributed by atoms with van der Waals surface area (Å²) in [4.78, 5) is 98.0. The Kier molecular flexibility index (Phi) is 20.8. The van der Waals surface area contributed by atoms with Crippen molar-refractivity contribution in [2.45, 2.75) is 70.4 Å². The average Bonchev–Trinajstić information content (AvgIpc) is 3.00. The number of rotatable bonds is 21. The molecule has 0 aliphatic heterocycles. The summed E-state index contributed by atoms with van der Waals surface area (Å²) < 4.78 is 0. The first kappa shape index (κ1) is 42.8. The Morgan fingerprint density at radius 1 is 0.674 bits per heavy atom. The Hall–Kier alpha value is -3.23. The van der Waals surface area contributed by atoms with Gasteiger partial charge in [-0.1, -0.05) is 13.8 Å². The van der Waals surface area contributed by atoms with Gasteiger partial charge < -0.3 is 48.1 Å². The summed E-state index contributed by atoms with van der Waals surface area (Å²) in [7, 11) is 0. The second-order valence-electron chi connectivity index (χ2n) is 10.5. The van der Waals surface area contributed by atoms with Gasteiger partial charge in [0.1, 0.15) is 30.2 Å². The quantitative estimate of drug-likeness (QED) is 0.0518. The van der Waals surface area contributed by atoms with E-state index in [1.54, 1.807) is 13.8 Å². The molecule has 0 radical (unpaired) electrons. The van der Waals surface area contributed by atoms with Crippen molar-refractivity contribution in [3.05, 3.63) is 0 Å². The maximum absolute atomic E-state index is 12.8. The molecule has 20 heteroatoms. The van der Waals surface area contributed by atoms with Gasteiger partial charge in [0.25, 0.3) is 0 Å². The summed E-state index contributed by atoms with van der Waals surface area (Å²) in [5.74, 6) is -6.29. The topological polar surface area (TPSA) is 267 Å². The van der Waals surface area contributed by atoms with Crippen molar-refractivity contribution in [1.29, 1.82) is 0 Å². The van der Waals surface area contributed by atoms with Gasteiger partial charge >= 0.3 is 5.97 Å². The number of carboxylic acid groups (broad SMARTS) is 1. The van der Waals surface area contributed by atoms with Crippen molar-refractivity contribution in [3.63, 3.8) is 0 Å². The van der Waals surface area contributed by atoms with Crippen LogP contribution in [-0.2, 0) is 38.4 Å². The molecule has 7 amide bonds. The van der Waals surface area contributed by atoms with Crippen LogP contribution in [0.15, 0.2) is 0 Å². The molecule has 0 aromatic heterocycles. The molecular formula is C26H46N8O9S3. The van der Waals surface area contributed by atoms with Gasteiger partial charge in [-0.2, -0.15) is 37.0 Å². The lowest BCUT2D eigenvalue weighted by Gasteiger charge is -2.23. The Morgan fingerprint density at radius 2 is 1.15 bits per heavy atom. The second kappa shape index (κ2) is 22.3. The molecular weight excluding hydrogens is 665 g/mol. The maximum Gasteiger partial charge on any atom is 0.325 e. The number of carboxylic acids is 1. The van der Waals surface area contributed by atoms with Crippen molar-refractivity contribution in [1.82, 2.24) is 37.2 Å². The predicted molar refractivity (Wildman–Crippen MR) is 178 cm³/mol. The number of nitrogens with two attached hydrogens (primary N) is 1. The molecule has 0 saturated heterocycles. The molecule has 0 rings (SSSR count). The monoisotopic (exact) mass is 710 g/mol. The predicted octanol–water partition coefficient (Wildman–Crippen LogP) is -3.64. The third-order valence-corrected chi connectivity index (χ3v) is 7.59. The van der Waals surface area contributed by atoms with Crippen molar-refractivity contribution in [2.24, 2.45) is 11.7 Å². The van der Waals surface area contributed by atoms with E-state index in [9.17, 15) is 38.4 Å². The molecule has 262 valence electrons. The molecule has 0 aromatic carbocycles. The number of hydrogen-bond donors (Lipinski definition) is 11. The zero-order valence-corrected chi connectivity index (χ0v) is 29.0. The van der Waals surface area contributed by atoms with Crippen LogP contribution in [-0.4, -0.2) is 125 Å². The summed E-state index contributed by atoms with van der Waals surface area (Å²) >= 11 is 9.57. The molecule has 0 aliphatic rings. The van der Waals surface area contributed by atoms with Crippen molar-refractivity contribution in [3.8, 4) is 0 Å². The highest BCUT2D eigenvalue weighted by Gasteiger charge is 2.29. The summed E-state index contributed by atoms with van der Waals surface area (Å²) in [5.41, 5.74) is 5.79. The van der Waals surface area contributed by atoms with E-state index in [-0.39, 0.29) is 11.5 Å². The summed E-state index contributed by atoms with van der Waals surface area (Å²) in [6.07, 6.45) is 2.31. The molecule has 0 aliphatic carbocycles. The van der Waals surface area contributed by atoms with Crippen LogP contribution in [0.4, 0.5) is 0 Å². The molecule has 0 spiro atoms. The molecule has 0 heterocycles. The highest BCUT2D eigenvalue weighted by Crippen LogP contribution is 2.02. The first-order valence-electron chi connectivity index (χ1n) is 14.2. The first-order valence-corrected chi connectivity index (χ1v) is 16.9.